The smallest absolute Gasteiger partial charge is 0.165 e. The van der Waals surface area contributed by atoms with Crippen molar-refractivity contribution in [2.24, 2.45) is 5.92 Å². The standard InChI is InChI=1S/C19H27FN4O/c1-13(10-15-7-8-17(25-3)16(20)11-15)12-21-14(2)19-23-22-18-6-4-5-9-24(18)19/h7-8,11,13-14,21H,4-6,9-10,12H2,1-3H3. The first-order valence-electron chi connectivity index (χ1n) is 9.06. The lowest BCUT2D eigenvalue weighted by molar-refractivity contribution is 0.385. The number of methoxy groups -OCH3 is 1. The number of benzene rings is 1. The zero-order chi connectivity index (χ0) is 17.8. The highest BCUT2D eigenvalue weighted by molar-refractivity contribution is 5.29. The van der Waals surface area contributed by atoms with Crippen LogP contribution >= 0.6 is 0 Å². The van der Waals surface area contributed by atoms with Crippen LogP contribution in [-0.2, 0) is 19.4 Å². The highest BCUT2D eigenvalue weighted by Gasteiger charge is 2.20. The summed E-state index contributed by atoms with van der Waals surface area (Å²) in [7, 11) is 1.48. The average Bonchev–Trinajstić information content (AvgIpc) is 3.04. The normalized spacial score (nSPS) is 16.3. The maximum absolute atomic E-state index is 13.8. The molecular formula is C19H27FN4O. The van der Waals surface area contributed by atoms with E-state index in [0.717, 1.165) is 43.1 Å². The van der Waals surface area contributed by atoms with Gasteiger partial charge in [-0.15, -0.1) is 10.2 Å². The molecular weight excluding hydrogens is 319 g/mol. The summed E-state index contributed by atoms with van der Waals surface area (Å²) in [6, 6.07) is 5.34. The van der Waals surface area contributed by atoms with Crippen LogP contribution in [0.5, 0.6) is 5.75 Å². The van der Waals surface area contributed by atoms with E-state index in [1.807, 2.05) is 6.07 Å². The van der Waals surface area contributed by atoms with E-state index in [-0.39, 0.29) is 11.9 Å². The van der Waals surface area contributed by atoms with Crippen molar-refractivity contribution in [3.05, 3.63) is 41.2 Å². The minimum atomic E-state index is -0.302. The molecule has 0 fully saturated rings. The molecule has 0 radical (unpaired) electrons. The summed E-state index contributed by atoms with van der Waals surface area (Å²) in [5, 5.41) is 12.2. The second kappa shape index (κ2) is 7.95. The molecule has 1 aliphatic rings. The molecule has 6 heteroatoms. The van der Waals surface area contributed by atoms with Crippen molar-refractivity contribution in [1.82, 2.24) is 20.1 Å². The lowest BCUT2D eigenvalue weighted by Crippen LogP contribution is -2.28. The Morgan fingerprint density at radius 2 is 2.12 bits per heavy atom. The number of nitrogens with one attached hydrogen (secondary N) is 1. The van der Waals surface area contributed by atoms with Crippen LogP contribution in [0.4, 0.5) is 4.39 Å². The van der Waals surface area contributed by atoms with Gasteiger partial charge < -0.3 is 14.6 Å². The van der Waals surface area contributed by atoms with E-state index in [4.69, 9.17) is 4.74 Å². The Balaban J connectivity index is 1.54. The number of aryl methyl sites for hydroxylation is 1. The van der Waals surface area contributed by atoms with Crippen LogP contribution in [0.25, 0.3) is 0 Å². The van der Waals surface area contributed by atoms with Gasteiger partial charge in [0.1, 0.15) is 11.6 Å². The molecule has 0 saturated heterocycles. The Labute approximate surface area is 148 Å². The molecule has 1 N–H and O–H groups in total. The van der Waals surface area contributed by atoms with E-state index in [1.165, 1.54) is 20.0 Å². The van der Waals surface area contributed by atoms with Gasteiger partial charge in [-0.2, -0.15) is 0 Å². The van der Waals surface area contributed by atoms with Crippen molar-refractivity contribution in [2.45, 2.75) is 52.1 Å². The monoisotopic (exact) mass is 346 g/mol. The van der Waals surface area contributed by atoms with Gasteiger partial charge in [-0.05, 0) is 56.3 Å². The van der Waals surface area contributed by atoms with Crippen molar-refractivity contribution in [1.29, 1.82) is 0 Å². The van der Waals surface area contributed by atoms with Crippen LogP contribution in [0.1, 0.15) is 49.9 Å². The number of fused-ring (bicyclic) bond motifs is 1. The summed E-state index contributed by atoms with van der Waals surface area (Å²) in [5.74, 6) is 2.51. The second-order valence-corrected chi connectivity index (χ2v) is 6.99. The van der Waals surface area contributed by atoms with E-state index < -0.39 is 0 Å². The summed E-state index contributed by atoms with van der Waals surface area (Å²) < 4.78 is 21.0. The average molecular weight is 346 g/mol. The van der Waals surface area contributed by atoms with Gasteiger partial charge in [0.25, 0.3) is 0 Å². The van der Waals surface area contributed by atoms with Crippen LogP contribution in [0, 0.1) is 11.7 Å². The number of hydrogen-bond donors (Lipinski definition) is 1. The molecule has 2 heterocycles. The second-order valence-electron chi connectivity index (χ2n) is 6.99. The van der Waals surface area contributed by atoms with Gasteiger partial charge >= 0.3 is 0 Å². The Kier molecular flexibility index (Phi) is 5.68. The molecule has 0 bridgehead atoms. The van der Waals surface area contributed by atoms with E-state index in [9.17, 15) is 4.39 Å². The molecule has 0 aliphatic carbocycles. The number of hydrogen-bond acceptors (Lipinski definition) is 4. The van der Waals surface area contributed by atoms with E-state index in [2.05, 4.69) is 33.9 Å². The van der Waals surface area contributed by atoms with Gasteiger partial charge in [0.15, 0.2) is 11.6 Å². The lowest BCUT2D eigenvalue weighted by Gasteiger charge is -2.20. The number of halogens is 1. The maximum Gasteiger partial charge on any atom is 0.165 e. The van der Waals surface area contributed by atoms with Crippen LogP contribution < -0.4 is 10.1 Å². The van der Waals surface area contributed by atoms with Crippen LogP contribution in [-0.4, -0.2) is 28.4 Å². The fourth-order valence-corrected chi connectivity index (χ4v) is 3.43. The third kappa shape index (κ3) is 4.18. The number of aromatic nitrogens is 3. The quantitative estimate of drug-likeness (QED) is 0.836. The fourth-order valence-electron chi connectivity index (χ4n) is 3.43. The highest BCUT2D eigenvalue weighted by Crippen LogP contribution is 2.21. The zero-order valence-corrected chi connectivity index (χ0v) is 15.3. The molecule has 0 saturated carbocycles. The maximum atomic E-state index is 13.8. The zero-order valence-electron chi connectivity index (χ0n) is 15.3. The number of rotatable bonds is 7. The summed E-state index contributed by atoms with van der Waals surface area (Å²) in [6.45, 7) is 6.16. The highest BCUT2D eigenvalue weighted by atomic mass is 19.1. The lowest BCUT2D eigenvalue weighted by atomic mass is 10.0. The molecule has 2 aromatic rings. The van der Waals surface area contributed by atoms with E-state index >= 15 is 0 Å². The van der Waals surface area contributed by atoms with Gasteiger partial charge in [0, 0.05) is 13.0 Å². The van der Waals surface area contributed by atoms with Crippen molar-refractivity contribution in [3.8, 4) is 5.75 Å². The van der Waals surface area contributed by atoms with Crippen molar-refractivity contribution in [2.75, 3.05) is 13.7 Å². The van der Waals surface area contributed by atoms with Gasteiger partial charge in [-0.25, -0.2) is 4.39 Å². The van der Waals surface area contributed by atoms with Crippen LogP contribution in [0.15, 0.2) is 18.2 Å². The van der Waals surface area contributed by atoms with Gasteiger partial charge in [-0.1, -0.05) is 13.0 Å². The summed E-state index contributed by atoms with van der Waals surface area (Å²) >= 11 is 0. The molecule has 2 atom stereocenters. The third-order valence-corrected chi connectivity index (χ3v) is 4.85. The molecule has 0 spiro atoms. The molecule has 5 nitrogen and oxygen atoms in total. The summed E-state index contributed by atoms with van der Waals surface area (Å²) in [5.41, 5.74) is 0.986. The Morgan fingerprint density at radius 3 is 2.88 bits per heavy atom. The third-order valence-electron chi connectivity index (χ3n) is 4.85. The fraction of sp³-hybridized carbons (Fsp3) is 0.579. The van der Waals surface area contributed by atoms with Crippen LogP contribution in [0.2, 0.25) is 0 Å². The Bertz CT molecular complexity index is 715. The molecule has 25 heavy (non-hydrogen) atoms. The summed E-state index contributed by atoms with van der Waals surface area (Å²) in [6.07, 6.45) is 4.25. The van der Waals surface area contributed by atoms with Crippen LogP contribution in [0.3, 0.4) is 0 Å². The SMILES string of the molecule is COc1ccc(CC(C)CNC(C)c2nnc3n2CCCC3)cc1F. The molecule has 3 rings (SSSR count). The topological polar surface area (TPSA) is 52.0 Å². The van der Waals surface area contributed by atoms with Crippen molar-refractivity contribution >= 4 is 0 Å². The molecule has 136 valence electrons. The molecule has 1 aromatic carbocycles. The summed E-state index contributed by atoms with van der Waals surface area (Å²) in [4.78, 5) is 0. The first kappa shape index (κ1) is 17.9. The van der Waals surface area contributed by atoms with Gasteiger partial charge in [-0.3, -0.25) is 0 Å². The minimum absolute atomic E-state index is 0.161. The molecule has 0 amide bonds. The predicted molar refractivity (Wildman–Crippen MR) is 95.2 cm³/mol. The largest absolute Gasteiger partial charge is 0.494 e. The van der Waals surface area contributed by atoms with Gasteiger partial charge in [0.05, 0.1) is 13.2 Å². The Hall–Kier alpha value is -1.95. The molecule has 2 unspecified atom stereocenters. The Morgan fingerprint density at radius 1 is 1.28 bits per heavy atom. The van der Waals surface area contributed by atoms with E-state index in [1.54, 1.807) is 12.1 Å². The number of ether oxygens (including phenoxy) is 1. The van der Waals surface area contributed by atoms with E-state index in [0.29, 0.717) is 11.7 Å². The van der Waals surface area contributed by atoms with Crippen molar-refractivity contribution < 1.29 is 9.13 Å². The molecule has 1 aliphatic heterocycles. The predicted octanol–water partition coefficient (Wildman–Crippen LogP) is 3.29. The van der Waals surface area contributed by atoms with Gasteiger partial charge in [0.2, 0.25) is 0 Å². The molecule has 1 aromatic heterocycles. The first-order valence-corrected chi connectivity index (χ1v) is 9.06. The minimum Gasteiger partial charge on any atom is -0.494 e. The first-order chi connectivity index (χ1) is 12.1. The number of nitrogens with zero attached hydrogens (tertiary/aromatic N) is 3. The van der Waals surface area contributed by atoms with Crippen molar-refractivity contribution in [3.63, 3.8) is 0 Å².